The zero-order valence-electron chi connectivity index (χ0n) is 17.5. The number of aliphatic carboxylic acids is 1. The third-order valence-corrected chi connectivity index (χ3v) is 9.52. The van der Waals surface area contributed by atoms with Gasteiger partial charge < -0.3 is 10.2 Å². The molecular weight excluding hydrogens is 336 g/mol. The molecule has 7 atom stereocenters. The first-order valence-corrected chi connectivity index (χ1v) is 11.3. The summed E-state index contributed by atoms with van der Waals surface area (Å²) in [4.78, 5) is 10.9. The number of carboxylic acid groups (broad SMARTS) is 1. The Kier molecular flexibility index (Phi) is 4.77. The van der Waals surface area contributed by atoms with Crippen molar-refractivity contribution in [1.29, 1.82) is 0 Å². The third kappa shape index (κ3) is 3.18. The molecule has 152 valence electrons. The Morgan fingerprint density at radius 2 is 1.89 bits per heavy atom. The molecule has 3 nitrogen and oxygen atoms in total. The summed E-state index contributed by atoms with van der Waals surface area (Å²) in [6.45, 7) is 7.03. The van der Waals surface area contributed by atoms with E-state index in [0.29, 0.717) is 23.2 Å². The Labute approximate surface area is 164 Å². The fourth-order valence-electron chi connectivity index (χ4n) is 7.89. The van der Waals surface area contributed by atoms with Crippen LogP contribution in [-0.4, -0.2) is 21.8 Å². The normalized spacial score (nSPS) is 49.0. The minimum atomic E-state index is -0.649. The van der Waals surface area contributed by atoms with Crippen molar-refractivity contribution in [3.8, 4) is 0 Å². The third-order valence-electron chi connectivity index (χ3n) is 9.52. The molecular formula is C24H38O3. The average molecular weight is 375 g/mol. The number of carboxylic acids is 1. The van der Waals surface area contributed by atoms with Gasteiger partial charge in [0, 0.05) is 6.42 Å². The van der Waals surface area contributed by atoms with Crippen molar-refractivity contribution in [3.05, 3.63) is 11.6 Å². The molecule has 27 heavy (non-hydrogen) atoms. The topological polar surface area (TPSA) is 57.5 Å². The van der Waals surface area contributed by atoms with Crippen molar-refractivity contribution in [3.63, 3.8) is 0 Å². The van der Waals surface area contributed by atoms with Gasteiger partial charge in [-0.3, -0.25) is 4.79 Å². The Bertz CT molecular complexity index is 636. The van der Waals surface area contributed by atoms with E-state index >= 15 is 0 Å². The largest absolute Gasteiger partial charge is 0.481 e. The molecule has 0 aliphatic heterocycles. The number of fused-ring (bicyclic) bond motifs is 5. The monoisotopic (exact) mass is 374 g/mol. The molecule has 0 spiro atoms. The van der Waals surface area contributed by atoms with E-state index < -0.39 is 11.6 Å². The fourth-order valence-corrected chi connectivity index (χ4v) is 7.89. The minimum Gasteiger partial charge on any atom is -0.481 e. The smallest absolute Gasteiger partial charge is 0.303 e. The van der Waals surface area contributed by atoms with Gasteiger partial charge in [-0.05, 0) is 106 Å². The van der Waals surface area contributed by atoms with E-state index in [9.17, 15) is 9.90 Å². The molecule has 4 rings (SSSR count). The van der Waals surface area contributed by atoms with Gasteiger partial charge in [-0.25, -0.2) is 0 Å². The summed E-state index contributed by atoms with van der Waals surface area (Å²) in [6, 6.07) is 0. The maximum atomic E-state index is 10.9. The van der Waals surface area contributed by atoms with Gasteiger partial charge in [0.05, 0.1) is 5.60 Å². The lowest BCUT2D eigenvalue weighted by molar-refractivity contribution is -0.137. The highest BCUT2D eigenvalue weighted by molar-refractivity contribution is 5.66. The lowest BCUT2D eigenvalue weighted by atomic mass is 9.46. The van der Waals surface area contributed by atoms with Crippen molar-refractivity contribution in [2.75, 3.05) is 0 Å². The molecule has 0 bridgehead atoms. The van der Waals surface area contributed by atoms with E-state index in [-0.39, 0.29) is 0 Å². The SMILES string of the molecule is CC12CC[C@](C)(O)CC1=CCC1C2CCC2(C)C(CCCC(=O)O)CCC12. The van der Waals surface area contributed by atoms with E-state index in [1.807, 2.05) is 6.92 Å². The molecule has 4 aliphatic carbocycles. The van der Waals surface area contributed by atoms with Crippen LogP contribution < -0.4 is 0 Å². The Morgan fingerprint density at radius 1 is 1.11 bits per heavy atom. The molecule has 6 unspecified atom stereocenters. The highest BCUT2D eigenvalue weighted by Gasteiger charge is 2.58. The van der Waals surface area contributed by atoms with Gasteiger partial charge in [0.25, 0.3) is 0 Å². The van der Waals surface area contributed by atoms with E-state index in [0.717, 1.165) is 49.9 Å². The standard InChI is InChI=1S/C24H38O3/c1-22(27)13-14-24(3)17(15-22)7-9-18-19-10-8-16(5-4-6-21(25)26)23(19,2)12-11-20(18)24/h7,16,18-20,27H,4-6,8-15H2,1-3H3,(H,25,26)/t16?,18?,19?,20?,22-,23?,24?/m0/s1. The molecule has 0 aromatic rings. The van der Waals surface area contributed by atoms with Crippen molar-refractivity contribution in [2.24, 2.45) is 34.5 Å². The minimum absolute atomic E-state index is 0.299. The van der Waals surface area contributed by atoms with E-state index in [1.54, 1.807) is 5.57 Å². The van der Waals surface area contributed by atoms with Crippen LogP contribution in [0.3, 0.4) is 0 Å². The average Bonchev–Trinajstić information content (AvgIpc) is 2.92. The predicted octanol–water partition coefficient (Wildman–Crippen LogP) is 5.57. The van der Waals surface area contributed by atoms with Gasteiger partial charge in [0.1, 0.15) is 0 Å². The number of allylic oxidation sites excluding steroid dienone is 1. The number of hydrogen-bond donors (Lipinski definition) is 2. The molecule has 3 fully saturated rings. The van der Waals surface area contributed by atoms with E-state index in [4.69, 9.17) is 5.11 Å². The number of rotatable bonds is 4. The Hall–Kier alpha value is -0.830. The highest BCUT2D eigenvalue weighted by atomic mass is 16.4. The number of aliphatic hydroxyl groups is 1. The fraction of sp³-hybridized carbons (Fsp3) is 0.875. The van der Waals surface area contributed by atoms with Crippen molar-refractivity contribution in [1.82, 2.24) is 0 Å². The van der Waals surface area contributed by atoms with E-state index in [2.05, 4.69) is 19.9 Å². The molecule has 0 radical (unpaired) electrons. The lowest BCUT2D eigenvalue weighted by Gasteiger charge is -2.59. The Morgan fingerprint density at radius 3 is 2.63 bits per heavy atom. The van der Waals surface area contributed by atoms with Crippen LogP contribution in [0.25, 0.3) is 0 Å². The Balaban J connectivity index is 1.52. The van der Waals surface area contributed by atoms with Crippen LogP contribution in [0, 0.1) is 34.5 Å². The van der Waals surface area contributed by atoms with Crippen molar-refractivity contribution >= 4 is 5.97 Å². The first kappa shape index (κ1) is 19.5. The van der Waals surface area contributed by atoms with Gasteiger partial charge in [0.15, 0.2) is 0 Å². The van der Waals surface area contributed by atoms with E-state index in [1.165, 1.54) is 32.1 Å². The summed E-state index contributed by atoms with van der Waals surface area (Å²) in [7, 11) is 0. The quantitative estimate of drug-likeness (QED) is 0.632. The van der Waals surface area contributed by atoms with Crippen LogP contribution in [0.2, 0.25) is 0 Å². The molecule has 3 heteroatoms. The lowest BCUT2D eigenvalue weighted by Crippen LogP contribution is -2.51. The number of carbonyl (C=O) groups is 1. The second-order valence-corrected chi connectivity index (χ2v) is 11.0. The predicted molar refractivity (Wildman–Crippen MR) is 107 cm³/mol. The van der Waals surface area contributed by atoms with Gasteiger partial charge in [0.2, 0.25) is 0 Å². The second-order valence-electron chi connectivity index (χ2n) is 11.0. The summed E-state index contributed by atoms with van der Waals surface area (Å²) in [5, 5.41) is 19.6. The highest BCUT2D eigenvalue weighted by Crippen LogP contribution is 2.67. The van der Waals surface area contributed by atoms with Crippen molar-refractivity contribution < 1.29 is 15.0 Å². The summed E-state index contributed by atoms with van der Waals surface area (Å²) < 4.78 is 0. The molecule has 0 amide bonds. The molecule has 3 saturated carbocycles. The zero-order valence-corrected chi connectivity index (χ0v) is 17.5. The number of hydrogen-bond acceptors (Lipinski definition) is 2. The van der Waals surface area contributed by atoms with Crippen LogP contribution in [0.15, 0.2) is 11.6 Å². The first-order valence-electron chi connectivity index (χ1n) is 11.3. The summed E-state index contributed by atoms with van der Waals surface area (Å²) in [5.74, 6) is 2.45. The van der Waals surface area contributed by atoms with Crippen LogP contribution in [0.5, 0.6) is 0 Å². The van der Waals surface area contributed by atoms with Crippen molar-refractivity contribution in [2.45, 2.75) is 97.0 Å². The van der Waals surface area contributed by atoms with Gasteiger partial charge in [-0.1, -0.05) is 25.5 Å². The maximum Gasteiger partial charge on any atom is 0.303 e. The first-order chi connectivity index (χ1) is 12.7. The van der Waals surface area contributed by atoms with Crippen LogP contribution in [0.4, 0.5) is 0 Å². The summed E-state index contributed by atoms with van der Waals surface area (Å²) in [6.07, 6.45) is 14.2. The van der Waals surface area contributed by atoms with Gasteiger partial charge >= 0.3 is 5.97 Å². The molecule has 0 saturated heterocycles. The second kappa shape index (κ2) is 6.61. The molecule has 0 heterocycles. The van der Waals surface area contributed by atoms with Crippen LogP contribution >= 0.6 is 0 Å². The molecule has 0 aromatic carbocycles. The summed E-state index contributed by atoms with van der Waals surface area (Å²) >= 11 is 0. The van der Waals surface area contributed by atoms with Crippen LogP contribution in [-0.2, 0) is 4.79 Å². The van der Waals surface area contributed by atoms with Gasteiger partial charge in [-0.2, -0.15) is 0 Å². The van der Waals surface area contributed by atoms with Gasteiger partial charge in [-0.15, -0.1) is 0 Å². The molecule has 4 aliphatic rings. The maximum absolute atomic E-state index is 10.9. The van der Waals surface area contributed by atoms with Crippen LogP contribution in [0.1, 0.15) is 91.4 Å². The molecule has 0 aromatic heterocycles. The zero-order chi connectivity index (χ0) is 19.4. The summed E-state index contributed by atoms with van der Waals surface area (Å²) in [5.41, 5.74) is 1.75. The molecule has 2 N–H and O–H groups in total.